The molecule has 1 fully saturated rings. The van der Waals surface area contributed by atoms with Gasteiger partial charge in [-0.3, -0.25) is 0 Å². The van der Waals surface area contributed by atoms with Crippen LogP contribution < -0.4 is 19.5 Å². The van der Waals surface area contributed by atoms with Gasteiger partial charge in [0.25, 0.3) is 0 Å². The third-order valence-electron chi connectivity index (χ3n) is 4.81. The second kappa shape index (κ2) is 8.45. The first-order chi connectivity index (χ1) is 11.7. The second-order valence-corrected chi connectivity index (χ2v) is 6.27. The smallest absolute Gasteiger partial charge is 0.164 e. The van der Waals surface area contributed by atoms with Crippen molar-refractivity contribution < 1.29 is 14.2 Å². The van der Waals surface area contributed by atoms with Crippen molar-refractivity contribution in [2.75, 3.05) is 27.9 Å². The fourth-order valence-corrected chi connectivity index (χ4v) is 3.18. The standard InChI is InChI=1S/C20H25NO3.ClH/c1-22-17-12-19(24-3)18(23-2)11-15(17)13-21-14-20(9-10-20)16-7-5-4-6-8-16;/h4-8,11-12,21H,9-10,13-14H2,1-3H3;1H. The van der Waals surface area contributed by atoms with Crippen molar-refractivity contribution in [1.29, 1.82) is 0 Å². The summed E-state index contributed by atoms with van der Waals surface area (Å²) in [7, 11) is 4.96. The van der Waals surface area contributed by atoms with Crippen LogP contribution in [0.25, 0.3) is 0 Å². The number of hydrogen-bond acceptors (Lipinski definition) is 4. The number of rotatable bonds is 8. The monoisotopic (exact) mass is 363 g/mol. The predicted molar refractivity (Wildman–Crippen MR) is 102 cm³/mol. The number of halogens is 1. The molecule has 3 rings (SSSR count). The predicted octanol–water partition coefficient (Wildman–Crippen LogP) is 3.96. The van der Waals surface area contributed by atoms with Crippen molar-refractivity contribution in [3.05, 3.63) is 53.6 Å². The summed E-state index contributed by atoms with van der Waals surface area (Å²) in [5.74, 6) is 2.21. The lowest BCUT2D eigenvalue weighted by Crippen LogP contribution is -2.26. The molecule has 1 saturated carbocycles. The molecule has 0 atom stereocenters. The van der Waals surface area contributed by atoms with Crippen LogP contribution >= 0.6 is 12.4 Å². The van der Waals surface area contributed by atoms with Crippen molar-refractivity contribution in [2.45, 2.75) is 24.8 Å². The lowest BCUT2D eigenvalue weighted by atomic mass is 9.96. The summed E-state index contributed by atoms with van der Waals surface area (Å²) in [6.45, 7) is 1.70. The lowest BCUT2D eigenvalue weighted by Gasteiger charge is -2.18. The van der Waals surface area contributed by atoms with Gasteiger partial charge in [-0.2, -0.15) is 0 Å². The molecule has 0 saturated heterocycles. The van der Waals surface area contributed by atoms with E-state index in [9.17, 15) is 0 Å². The Hall–Kier alpha value is -1.91. The molecule has 4 nitrogen and oxygen atoms in total. The van der Waals surface area contributed by atoms with Crippen molar-refractivity contribution >= 4 is 12.4 Å². The summed E-state index contributed by atoms with van der Waals surface area (Å²) in [6, 6.07) is 14.6. The van der Waals surface area contributed by atoms with Crippen LogP contribution in [0.15, 0.2) is 42.5 Å². The summed E-state index contributed by atoms with van der Waals surface area (Å²) in [5.41, 5.74) is 2.79. The molecule has 0 aliphatic heterocycles. The van der Waals surface area contributed by atoms with Crippen LogP contribution in [0.2, 0.25) is 0 Å². The minimum atomic E-state index is 0. The van der Waals surface area contributed by atoms with Gasteiger partial charge in [-0.1, -0.05) is 30.3 Å². The molecule has 136 valence electrons. The van der Waals surface area contributed by atoms with Crippen molar-refractivity contribution in [3.63, 3.8) is 0 Å². The zero-order valence-corrected chi connectivity index (χ0v) is 15.8. The minimum Gasteiger partial charge on any atom is -0.496 e. The highest BCUT2D eigenvalue weighted by Gasteiger charge is 2.43. The van der Waals surface area contributed by atoms with E-state index in [2.05, 4.69) is 35.6 Å². The Morgan fingerprint density at radius 2 is 1.48 bits per heavy atom. The first-order valence-corrected chi connectivity index (χ1v) is 8.27. The van der Waals surface area contributed by atoms with Crippen LogP contribution in [0, 0.1) is 0 Å². The Morgan fingerprint density at radius 1 is 0.880 bits per heavy atom. The van der Waals surface area contributed by atoms with Crippen molar-refractivity contribution in [2.24, 2.45) is 0 Å². The molecule has 0 aromatic heterocycles. The van der Waals surface area contributed by atoms with E-state index < -0.39 is 0 Å². The van der Waals surface area contributed by atoms with Crippen LogP contribution in [-0.4, -0.2) is 27.9 Å². The SMILES string of the molecule is COc1cc(OC)c(OC)cc1CNCC1(c2ccccc2)CC1.Cl. The van der Waals surface area contributed by atoms with Gasteiger partial charge < -0.3 is 19.5 Å². The van der Waals surface area contributed by atoms with Crippen LogP contribution in [0.4, 0.5) is 0 Å². The average Bonchev–Trinajstić information content (AvgIpc) is 3.43. The Balaban J connectivity index is 0.00000225. The van der Waals surface area contributed by atoms with Gasteiger partial charge in [-0.05, 0) is 24.5 Å². The zero-order valence-electron chi connectivity index (χ0n) is 15.0. The molecule has 25 heavy (non-hydrogen) atoms. The van der Waals surface area contributed by atoms with E-state index in [0.717, 1.165) is 30.2 Å². The van der Waals surface area contributed by atoms with Crippen LogP contribution in [-0.2, 0) is 12.0 Å². The molecule has 2 aromatic carbocycles. The Labute approximate surface area is 155 Å². The Kier molecular flexibility index (Phi) is 6.57. The second-order valence-electron chi connectivity index (χ2n) is 6.27. The highest BCUT2D eigenvalue weighted by Crippen LogP contribution is 2.47. The van der Waals surface area contributed by atoms with E-state index in [1.54, 1.807) is 21.3 Å². The van der Waals surface area contributed by atoms with Gasteiger partial charge in [0.15, 0.2) is 11.5 Å². The molecule has 0 spiro atoms. The molecule has 1 N–H and O–H groups in total. The summed E-state index contributed by atoms with van der Waals surface area (Å²) < 4.78 is 16.2. The molecule has 1 aliphatic rings. The zero-order chi connectivity index (χ0) is 17.0. The number of nitrogens with one attached hydrogen (secondary N) is 1. The van der Waals surface area contributed by atoms with Gasteiger partial charge in [0.05, 0.1) is 21.3 Å². The first-order valence-electron chi connectivity index (χ1n) is 8.27. The summed E-state index contributed by atoms with van der Waals surface area (Å²) in [6.07, 6.45) is 2.49. The average molecular weight is 364 g/mol. The third kappa shape index (κ3) is 4.20. The fourth-order valence-electron chi connectivity index (χ4n) is 3.18. The van der Waals surface area contributed by atoms with E-state index in [1.165, 1.54) is 18.4 Å². The molecular formula is C20H26ClNO3. The molecule has 1 aliphatic carbocycles. The molecule has 0 radical (unpaired) electrons. The molecule has 5 heteroatoms. The van der Waals surface area contributed by atoms with E-state index in [4.69, 9.17) is 14.2 Å². The van der Waals surface area contributed by atoms with Gasteiger partial charge in [0, 0.05) is 30.1 Å². The molecule has 0 amide bonds. The quantitative estimate of drug-likeness (QED) is 0.770. The maximum absolute atomic E-state index is 5.49. The third-order valence-corrected chi connectivity index (χ3v) is 4.81. The maximum Gasteiger partial charge on any atom is 0.164 e. The normalized spacial score (nSPS) is 14.4. The summed E-state index contributed by atoms with van der Waals surface area (Å²) >= 11 is 0. The molecule has 0 heterocycles. The Morgan fingerprint density at radius 3 is 2.04 bits per heavy atom. The Bertz CT molecular complexity index is 687. The van der Waals surface area contributed by atoms with Gasteiger partial charge in [-0.15, -0.1) is 12.4 Å². The lowest BCUT2D eigenvalue weighted by molar-refractivity contribution is 0.347. The topological polar surface area (TPSA) is 39.7 Å². The number of hydrogen-bond donors (Lipinski definition) is 1. The molecule has 2 aromatic rings. The van der Waals surface area contributed by atoms with E-state index >= 15 is 0 Å². The van der Waals surface area contributed by atoms with Gasteiger partial charge in [0.1, 0.15) is 5.75 Å². The maximum atomic E-state index is 5.49. The van der Waals surface area contributed by atoms with Crippen molar-refractivity contribution in [1.82, 2.24) is 5.32 Å². The van der Waals surface area contributed by atoms with Gasteiger partial charge >= 0.3 is 0 Å². The van der Waals surface area contributed by atoms with Crippen LogP contribution in [0.5, 0.6) is 17.2 Å². The van der Waals surface area contributed by atoms with Crippen molar-refractivity contribution in [3.8, 4) is 17.2 Å². The number of benzene rings is 2. The van der Waals surface area contributed by atoms with Gasteiger partial charge in [-0.25, -0.2) is 0 Å². The molecular weight excluding hydrogens is 338 g/mol. The fraction of sp³-hybridized carbons (Fsp3) is 0.400. The van der Waals surface area contributed by atoms with Gasteiger partial charge in [0.2, 0.25) is 0 Å². The summed E-state index contributed by atoms with van der Waals surface area (Å²) in [4.78, 5) is 0. The molecule has 0 unspecified atom stereocenters. The first kappa shape index (κ1) is 19.4. The highest BCUT2D eigenvalue weighted by molar-refractivity contribution is 5.85. The van der Waals surface area contributed by atoms with Crippen LogP contribution in [0.3, 0.4) is 0 Å². The van der Waals surface area contributed by atoms with E-state index in [1.807, 2.05) is 12.1 Å². The molecule has 0 bridgehead atoms. The minimum absolute atomic E-state index is 0. The summed E-state index contributed by atoms with van der Waals surface area (Å²) in [5, 5.41) is 3.59. The highest BCUT2D eigenvalue weighted by atomic mass is 35.5. The number of methoxy groups -OCH3 is 3. The largest absolute Gasteiger partial charge is 0.496 e. The number of ether oxygens (including phenoxy) is 3. The van der Waals surface area contributed by atoms with Crippen LogP contribution in [0.1, 0.15) is 24.0 Å². The van der Waals surface area contributed by atoms with E-state index in [0.29, 0.717) is 11.2 Å². The van der Waals surface area contributed by atoms with E-state index in [-0.39, 0.29) is 12.4 Å².